The normalized spacial score (nSPS) is 12.8. The Hall–Kier alpha value is -0.243. The van der Waals surface area contributed by atoms with E-state index < -0.39 is 0 Å². The third kappa shape index (κ3) is 5.74. The maximum atomic E-state index is 2.67. The molecule has 0 spiro atoms. The van der Waals surface area contributed by atoms with Crippen LogP contribution in [-0.4, -0.2) is 28.2 Å². The highest BCUT2D eigenvalue weighted by atomic mass is 28.1. The third-order valence-electron chi connectivity index (χ3n) is 3.30. The second kappa shape index (κ2) is 9.95. The first-order chi connectivity index (χ1) is 7.71. The Morgan fingerprint density at radius 2 is 1.38 bits per heavy atom. The van der Waals surface area contributed by atoms with Gasteiger partial charge < -0.3 is 4.90 Å². The summed E-state index contributed by atoms with van der Waals surface area (Å²) in [6, 6.07) is 0. The molecule has 0 radical (unpaired) electrons. The molecule has 0 saturated heterocycles. The average Bonchev–Trinajstić information content (AvgIpc) is 2.32. The molecule has 0 saturated carbocycles. The predicted octanol–water partition coefficient (Wildman–Crippen LogP) is 3.29. The quantitative estimate of drug-likeness (QED) is 0.560. The van der Waals surface area contributed by atoms with E-state index in [-0.39, 0.29) is 0 Å². The smallest absolute Gasteiger partial charge is 0.0355 e. The Kier molecular flexibility index (Phi) is 9.79. The molecule has 0 aliphatic heterocycles. The van der Waals surface area contributed by atoms with Crippen LogP contribution in [-0.2, 0) is 0 Å². The van der Waals surface area contributed by atoms with Gasteiger partial charge in [-0.25, -0.2) is 0 Å². The molecule has 0 unspecified atom stereocenters. The van der Waals surface area contributed by atoms with Crippen molar-refractivity contribution in [2.45, 2.75) is 66.2 Å². The van der Waals surface area contributed by atoms with E-state index in [1.165, 1.54) is 61.9 Å². The molecule has 96 valence electrons. The van der Waals surface area contributed by atoms with Gasteiger partial charge in [0.15, 0.2) is 0 Å². The summed E-state index contributed by atoms with van der Waals surface area (Å²) < 4.78 is 0. The van der Waals surface area contributed by atoms with Crippen LogP contribution in [0.3, 0.4) is 0 Å². The Labute approximate surface area is 106 Å². The van der Waals surface area contributed by atoms with Crippen molar-refractivity contribution >= 4 is 10.2 Å². The van der Waals surface area contributed by atoms with Gasteiger partial charge >= 0.3 is 0 Å². The number of nitrogens with zero attached hydrogens (tertiary/aromatic N) is 1. The highest BCUT2D eigenvalue weighted by molar-refractivity contribution is 6.21. The second-order valence-corrected chi connectivity index (χ2v) is 5.84. The van der Waals surface area contributed by atoms with E-state index in [1.807, 2.05) is 0 Å². The first-order valence-electron chi connectivity index (χ1n) is 7.14. The van der Waals surface area contributed by atoms with Crippen molar-refractivity contribution in [3.63, 3.8) is 0 Å². The van der Waals surface area contributed by atoms with Gasteiger partial charge in [-0.05, 0) is 25.7 Å². The number of allylic oxidation sites excluding steroid dienone is 2. The van der Waals surface area contributed by atoms with Crippen LogP contribution in [0.4, 0.5) is 0 Å². The first kappa shape index (κ1) is 15.8. The number of unbranched alkanes of at least 4 members (excludes halogenated alkanes) is 2. The molecular weight excluding hydrogens is 210 g/mol. The second-order valence-electron chi connectivity index (χ2n) is 4.63. The Balaban J connectivity index is 4.55. The lowest BCUT2D eigenvalue weighted by Crippen LogP contribution is -2.26. The minimum atomic E-state index is 1.22. The van der Waals surface area contributed by atoms with Crippen LogP contribution >= 0.6 is 0 Å². The van der Waals surface area contributed by atoms with Crippen molar-refractivity contribution in [2.75, 3.05) is 13.1 Å². The molecule has 2 heteroatoms. The topological polar surface area (TPSA) is 3.24 Å². The fourth-order valence-corrected chi connectivity index (χ4v) is 2.75. The molecule has 0 fully saturated rings. The number of hydrogen-bond acceptors (Lipinski definition) is 1. The fraction of sp³-hybridized carbons (Fsp3) is 0.857. The van der Waals surface area contributed by atoms with Crippen LogP contribution in [0.2, 0.25) is 0 Å². The van der Waals surface area contributed by atoms with E-state index in [4.69, 9.17) is 0 Å². The van der Waals surface area contributed by atoms with Gasteiger partial charge in [0.2, 0.25) is 0 Å². The maximum Gasteiger partial charge on any atom is 0.0355 e. The summed E-state index contributed by atoms with van der Waals surface area (Å²) in [5.41, 5.74) is 1.66. The summed E-state index contributed by atoms with van der Waals surface area (Å²) in [6.45, 7) is 11.7. The van der Waals surface area contributed by atoms with Gasteiger partial charge in [0.25, 0.3) is 0 Å². The Morgan fingerprint density at radius 1 is 0.875 bits per heavy atom. The summed E-state index contributed by atoms with van der Waals surface area (Å²) in [5.74, 6) is 0. The molecule has 0 heterocycles. The van der Waals surface area contributed by atoms with Crippen LogP contribution < -0.4 is 0 Å². The van der Waals surface area contributed by atoms with Crippen molar-refractivity contribution in [1.82, 2.24) is 4.90 Å². The lowest BCUT2D eigenvalue weighted by molar-refractivity contribution is 0.320. The van der Waals surface area contributed by atoms with Gasteiger partial charge in [-0.3, -0.25) is 0 Å². The van der Waals surface area contributed by atoms with Crippen molar-refractivity contribution in [1.29, 1.82) is 0 Å². The van der Waals surface area contributed by atoms with Crippen molar-refractivity contribution < 1.29 is 0 Å². The van der Waals surface area contributed by atoms with Crippen LogP contribution in [0.1, 0.15) is 66.2 Å². The van der Waals surface area contributed by atoms with Crippen molar-refractivity contribution in [2.24, 2.45) is 0 Å². The minimum absolute atomic E-state index is 1.22. The molecular formula is C14H31NSi. The number of rotatable bonds is 9. The van der Waals surface area contributed by atoms with Crippen LogP contribution in [0.5, 0.6) is 0 Å². The van der Waals surface area contributed by atoms with E-state index in [0.717, 1.165) is 0 Å². The van der Waals surface area contributed by atoms with E-state index in [0.29, 0.717) is 0 Å². The average molecular weight is 241 g/mol. The minimum Gasteiger partial charge on any atom is -0.375 e. The summed E-state index contributed by atoms with van der Waals surface area (Å²) in [4.78, 5) is 2.67. The molecule has 0 atom stereocenters. The van der Waals surface area contributed by atoms with Crippen LogP contribution in [0.15, 0.2) is 10.9 Å². The summed E-state index contributed by atoms with van der Waals surface area (Å²) in [7, 11) is 1.24. The molecule has 0 aromatic rings. The lowest BCUT2D eigenvalue weighted by atomic mass is 10.2. The molecule has 0 aromatic heterocycles. The third-order valence-corrected chi connectivity index (χ3v) is 4.59. The van der Waals surface area contributed by atoms with Gasteiger partial charge in [0, 0.05) is 29.0 Å². The largest absolute Gasteiger partial charge is 0.375 e. The van der Waals surface area contributed by atoms with E-state index >= 15 is 0 Å². The molecule has 0 bridgehead atoms. The molecule has 1 nitrogen and oxygen atoms in total. The molecule has 0 aliphatic rings. The molecule has 0 aromatic carbocycles. The zero-order valence-corrected chi connectivity index (χ0v) is 14.1. The van der Waals surface area contributed by atoms with Gasteiger partial charge in [-0.1, -0.05) is 45.7 Å². The molecule has 0 rings (SSSR count). The summed E-state index contributed by atoms with van der Waals surface area (Å²) >= 11 is 0. The highest BCUT2D eigenvalue weighted by Gasteiger charge is 2.09. The van der Waals surface area contributed by atoms with E-state index in [2.05, 4.69) is 32.6 Å². The zero-order chi connectivity index (χ0) is 12.4. The predicted molar refractivity (Wildman–Crippen MR) is 78.9 cm³/mol. The molecule has 0 aliphatic carbocycles. The SMILES string of the molecule is CCCCN(CCCC)C(CC)=C([SiH3])CC. The molecule has 16 heavy (non-hydrogen) atoms. The standard InChI is InChI=1S/C14H31NSi/c1-5-9-11-15(12-10-6-2)13(7-3)14(16)8-4/h5-12H2,1-4,16H3. The molecule has 0 amide bonds. The lowest BCUT2D eigenvalue weighted by Gasteiger charge is -2.29. The number of hydrogen-bond donors (Lipinski definition) is 0. The van der Waals surface area contributed by atoms with Crippen LogP contribution in [0.25, 0.3) is 0 Å². The summed E-state index contributed by atoms with van der Waals surface area (Å²) in [5, 5.41) is 1.72. The van der Waals surface area contributed by atoms with Gasteiger partial charge in [-0.15, -0.1) is 0 Å². The summed E-state index contributed by atoms with van der Waals surface area (Å²) in [6.07, 6.45) is 7.77. The van der Waals surface area contributed by atoms with Gasteiger partial charge in [0.05, 0.1) is 0 Å². The van der Waals surface area contributed by atoms with E-state index in [9.17, 15) is 0 Å². The van der Waals surface area contributed by atoms with Crippen molar-refractivity contribution in [3.8, 4) is 0 Å². The van der Waals surface area contributed by atoms with Crippen molar-refractivity contribution in [3.05, 3.63) is 10.9 Å². The Bertz CT molecular complexity index is 191. The van der Waals surface area contributed by atoms with Crippen LogP contribution in [0, 0.1) is 0 Å². The van der Waals surface area contributed by atoms with E-state index in [1.54, 1.807) is 10.9 Å². The first-order valence-corrected chi connectivity index (χ1v) is 8.14. The Morgan fingerprint density at radius 3 is 1.69 bits per heavy atom. The van der Waals surface area contributed by atoms with Gasteiger partial charge in [-0.2, -0.15) is 0 Å². The van der Waals surface area contributed by atoms with Gasteiger partial charge in [0.1, 0.15) is 0 Å². The monoisotopic (exact) mass is 241 g/mol. The maximum absolute atomic E-state index is 2.67. The molecule has 0 N–H and O–H groups in total. The fourth-order valence-electron chi connectivity index (χ4n) is 2.08. The highest BCUT2D eigenvalue weighted by Crippen LogP contribution is 2.16. The zero-order valence-electron chi connectivity index (χ0n) is 12.1.